The van der Waals surface area contributed by atoms with E-state index in [-0.39, 0.29) is 0 Å². The van der Waals surface area contributed by atoms with Gasteiger partial charge in [0.2, 0.25) is 0 Å². The van der Waals surface area contributed by atoms with Crippen LogP contribution in [0.2, 0.25) is 0 Å². The van der Waals surface area contributed by atoms with E-state index < -0.39 is 0 Å². The number of ether oxygens (including phenoxy) is 4. The lowest BCUT2D eigenvalue weighted by Crippen LogP contribution is -2.04. The number of benzene rings is 7. The minimum Gasteiger partial charge on any atom is -0.491 e. The highest BCUT2D eigenvalue weighted by atomic mass is 79.9. The van der Waals surface area contributed by atoms with Crippen molar-refractivity contribution in [3.8, 4) is 11.5 Å². The lowest BCUT2D eigenvalue weighted by molar-refractivity contribution is 0.146. The van der Waals surface area contributed by atoms with Gasteiger partial charge in [-0.05, 0) is 88.9 Å². The Labute approximate surface area is 260 Å². The van der Waals surface area contributed by atoms with Gasteiger partial charge in [0.1, 0.15) is 24.7 Å². The molecule has 0 aliphatic carbocycles. The smallest absolute Gasteiger partial charge is 0.121 e. The van der Waals surface area contributed by atoms with Crippen LogP contribution in [0.25, 0.3) is 64.6 Å². The third kappa shape index (κ3) is 4.67. The van der Waals surface area contributed by atoms with Gasteiger partial charge in [-0.25, -0.2) is 0 Å². The average Bonchev–Trinajstić information content (AvgIpc) is 3.00. The number of halogens is 2. The Hall–Kier alpha value is -3.42. The molecule has 0 saturated carbocycles. The second-order valence-corrected chi connectivity index (χ2v) is 12.1. The first-order chi connectivity index (χ1) is 20.6. The van der Waals surface area contributed by atoms with Gasteiger partial charge in [0, 0.05) is 23.2 Å². The van der Waals surface area contributed by atoms with Crippen LogP contribution in [0.3, 0.4) is 0 Å². The van der Waals surface area contributed by atoms with Crippen LogP contribution in [0, 0.1) is 0 Å². The maximum absolute atomic E-state index is 5.97. The molecule has 0 saturated heterocycles. The molecule has 0 heterocycles. The number of rotatable bonds is 8. The van der Waals surface area contributed by atoms with Crippen molar-refractivity contribution < 1.29 is 18.9 Å². The van der Waals surface area contributed by atoms with Crippen LogP contribution in [0.5, 0.6) is 11.5 Å². The largest absolute Gasteiger partial charge is 0.491 e. The van der Waals surface area contributed by atoms with E-state index in [0.29, 0.717) is 26.4 Å². The second kappa shape index (κ2) is 11.3. The van der Waals surface area contributed by atoms with Gasteiger partial charge in [-0.15, -0.1) is 0 Å². The lowest BCUT2D eigenvalue weighted by atomic mass is 9.91. The monoisotopic (exact) mass is 682 g/mol. The molecule has 0 N–H and O–H groups in total. The third-order valence-electron chi connectivity index (χ3n) is 8.01. The van der Waals surface area contributed by atoms with Crippen LogP contribution in [-0.4, -0.2) is 40.6 Å². The van der Waals surface area contributed by atoms with Crippen molar-refractivity contribution in [1.29, 1.82) is 0 Å². The van der Waals surface area contributed by atoms with Crippen LogP contribution >= 0.6 is 31.9 Å². The van der Waals surface area contributed by atoms with Crippen LogP contribution in [0.15, 0.2) is 93.9 Å². The maximum Gasteiger partial charge on any atom is 0.121 e. The number of methoxy groups -OCH3 is 2. The van der Waals surface area contributed by atoms with E-state index in [0.717, 1.165) is 42.0 Å². The molecule has 0 aromatic heterocycles. The zero-order valence-corrected chi connectivity index (χ0v) is 26.5. The van der Waals surface area contributed by atoms with E-state index in [1.807, 2.05) is 12.1 Å². The Balaban J connectivity index is 1.41. The van der Waals surface area contributed by atoms with E-state index in [1.165, 1.54) is 43.1 Å². The summed E-state index contributed by atoms with van der Waals surface area (Å²) in [4.78, 5) is 0. The first-order valence-electron chi connectivity index (χ1n) is 13.9. The molecule has 6 heteroatoms. The van der Waals surface area contributed by atoms with Crippen molar-refractivity contribution in [2.24, 2.45) is 0 Å². The van der Waals surface area contributed by atoms with E-state index in [2.05, 4.69) is 105 Å². The molecule has 0 unspecified atom stereocenters. The molecule has 0 bridgehead atoms. The van der Waals surface area contributed by atoms with Crippen molar-refractivity contribution in [3.63, 3.8) is 0 Å². The van der Waals surface area contributed by atoms with Gasteiger partial charge in [0.15, 0.2) is 0 Å². The molecular weight excluding hydrogens is 656 g/mol. The number of hydrogen-bond acceptors (Lipinski definition) is 4. The maximum atomic E-state index is 5.97. The molecule has 7 rings (SSSR count). The topological polar surface area (TPSA) is 36.9 Å². The zero-order valence-electron chi connectivity index (χ0n) is 23.3. The predicted molar refractivity (Wildman–Crippen MR) is 182 cm³/mol. The lowest BCUT2D eigenvalue weighted by Gasteiger charge is -2.14. The highest BCUT2D eigenvalue weighted by Crippen LogP contribution is 2.41. The molecule has 0 fully saturated rings. The zero-order chi connectivity index (χ0) is 28.8. The Morgan fingerprint density at radius 2 is 0.667 bits per heavy atom. The molecule has 4 nitrogen and oxygen atoms in total. The van der Waals surface area contributed by atoms with Crippen molar-refractivity contribution in [3.05, 3.63) is 93.9 Å². The first-order valence-corrected chi connectivity index (χ1v) is 15.5. The number of hydrogen-bond donors (Lipinski definition) is 0. The molecule has 0 atom stereocenters. The van der Waals surface area contributed by atoms with E-state index >= 15 is 0 Å². The van der Waals surface area contributed by atoms with Gasteiger partial charge in [-0.1, -0.05) is 92.5 Å². The molecule has 0 spiro atoms. The fraction of sp³-hybridized carbons (Fsp3) is 0.167. The van der Waals surface area contributed by atoms with Crippen LogP contribution in [-0.2, 0) is 9.47 Å². The molecule has 0 amide bonds. The van der Waals surface area contributed by atoms with Gasteiger partial charge >= 0.3 is 0 Å². The molecule has 7 aromatic carbocycles. The van der Waals surface area contributed by atoms with Crippen molar-refractivity contribution in [2.45, 2.75) is 0 Å². The molecule has 42 heavy (non-hydrogen) atoms. The standard InChI is InChI=1S/C36H28Br2O4/c1-39-13-15-41-21-17-33-29-7-5-23-24-6-8-30-28(10-12-32-34(30)18-22(20-36(32)38)42-16-14-40-2)26(24)4-3-25(23)27(29)9-11-31(33)35(37)19-21/h3-12,17-20H,13-16H2,1-2H3. The minimum absolute atomic E-state index is 0.510. The van der Waals surface area contributed by atoms with Crippen LogP contribution in [0.4, 0.5) is 0 Å². The van der Waals surface area contributed by atoms with Gasteiger partial charge < -0.3 is 18.9 Å². The Morgan fingerprint density at radius 3 is 0.976 bits per heavy atom. The number of fused-ring (bicyclic) bond motifs is 11. The van der Waals surface area contributed by atoms with E-state index in [4.69, 9.17) is 18.9 Å². The van der Waals surface area contributed by atoms with Gasteiger partial charge in [-0.2, -0.15) is 0 Å². The van der Waals surface area contributed by atoms with Crippen molar-refractivity contribution in [1.82, 2.24) is 0 Å². The van der Waals surface area contributed by atoms with Crippen LogP contribution in [0.1, 0.15) is 0 Å². The average molecular weight is 684 g/mol. The van der Waals surface area contributed by atoms with E-state index in [1.54, 1.807) is 14.2 Å². The normalized spacial score (nSPS) is 11.9. The quantitative estimate of drug-likeness (QED) is 0.118. The summed E-state index contributed by atoms with van der Waals surface area (Å²) >= 11 is 7.52. The van der Waals surface area contributed by atoms with E-state index in [9.17, 15) is 0 Å². The minimum atomic E-state index is 0.510. The second-order valence-electron chi connectivity index (χ2n) is 10.4. The van der Waals surface area contributed by atoms with Crippen molar-refractivity contribution in [2.75, 3.05) is 40.6 Å². The SMILES string of the molecule is COCCOc1cc(Br)c2ccc3c(ccc4c3ccc3c5ccc6c(Br)cc(OCCOC)cc6c5ccc34)c2c1. The summed E-state index contributed by atoms with van der Waals surface area (Å²) < 4.78 is 24.3. The fourth-order valence-corrected chi connectivity index (χ4v) is 7.20. The summed E-state index contributed by atoms with van der Waals surface area (Å²) in [5.41, 5.74) is 0. The summed E-state index contributed by atoms with van der Waals surface area (Å²) in [6.07, 6.45) is 0. The summed E-state index contributed by atoms with van der Waals surface area (Å²) in [6.45, 7) is 2.12. The summed E-state index contributed by atoms with van der Waals surface area (Å²) in [5.74, 6) is 1.66. The molecule has 0 aliphatic rings. The Morgan fingerprint density at radius 1 is 0.381 bits per heavy atom. The molecular formula is C36H28Br2O4. The summed E-state index contributed by atoms with van der Waals surface area (Å²) in [7, 11) is 3.37. The van der Waals surface area contributed by atoms with Gasteiger partial charge in [-0.3, -0.25) is 0 Å². The Bertz CT molecular complexity index is 2000. The predicted octanol–water partition coefficient (Wildman–Crippen LogP) is 10.2. The third-order valence-corrected chi connectivity index (χ3v) is 9.33. The van der Waals surface area contributed by atoms with Gasteiger partial charge in [0.05, 0.1) is 13.2 Å². The van der Waals surface area contributed by atoms with Gasteiger partial charge in [0.25, 0.3) is 0 Å². The summed E-state index contributed by atoms with van der Waals surface area (Å²) in [6, 6.07) is 30.7. The first kappa shape index (κ1) is 27.4. The van der Waals surface area contributed by atoms with Crippen molar-refractivity contribution >= 4 is 96.5 Å². The molecule has 0 radical (unpaired) electrons. The fourth-order valence-electron chi connectivity index (χ4n) is 6.05. The molecule has 210 valence electrons. The summed E-state index contributed by atoms with van der Waals surface area (Å²) in [5, 5.41) is 14.5. The highest BCUT2D eigenvalue weighted by Gasteiger charge is 2.14. The molecule has 0 aliphatic heterocycles. The molecule has 7 aromatic rings. The Kier molecular flexibility index (Phi) is 7.40. The highest BCUT2D eigenvalue weighted by molar-refractivity contribution is 9.11. The van der Waals surface area contributed by atoms with Crippen LogP contribution < -0.4 is 9.47 Å².